The number of hydrogen-bond donors (Lipinski definition) is 0. The first-order valence-corrected chi connectivity index (χ1v) is 5.79. The molecule has 0 bridgehead atoms. The predicted molar refractivity (Wildman–Crippen MR) is 69.4 cm³/mol. The number of rotatable bonds is 5. The lowest BCUT2D eigenvalue weighted by atomic mass is 9.91. The van der Waals surface area contributed by atoms with E-state index >= 15 is 0 Å². The van der Waals surface area contributed by atoms with Gasteiger partial charge in [-0.1, -0.05) is 25.9 Å². The van der Waals surface area contributed by atoms with Crippen molar-refractivity contribution in [1.29, 1.82) is 0 Å². The van der Waals surface area contributed by atoms with Gasteiger partial charge in [0.25, 0.3) is 0 Å². The van der Waals surface area contributed by atoms with Crippen LogP contribution in [-0.2, 0) is 0 Å². The standard InChI is InChI=1S/C13H19N3O/c1-13(2,3)9-4-10-17-12-7-5-11(6-8-12)15-16-14/h5-8H,4,9-10H2,1-3H3. The Bertz CT molecular complexity index is 386. The van der Waals surface area contributed by atoms with Gasteiger partial charge in [-0.2, -0.15) is 0 Å². The molecule has 0 spiro atoms. The summed E-state index contributed by atoms with van der Waals surface area (Å²) in [6.45, 7) is 7.39. The van der Waals surface area contributed by atoms with Crippen LogP contribution in [0.15, 0.2) is 29.4 Å². The van der Waals surface area contributed by atoms with Gasteiger partial charge in [0.1, 0.15) is 5.75 Å². The quantitative estimate of drug-likeness (QED) is 0.311. The van der Waals surface area contributed by atoms with Gasteiger partial charge in [0.2, 0.25) is 0 Å². The number of benzene rings is 1. The molecular formula is C13H19N3O. The van der Waals surface area contributed by atoms with Crippen molar-refractivity contribution in [3.05, 3.63) is 34.7 Å². The first-order valence-electron chi connectivity index (χ1n) is 5.79. The van der Waals surface area contributed by atoms with Crippen LogP contribution in [-0.4, -0.2) is 6.61 Å². The zero-order valence-corrected chi connectivity index (χ0v) is 10.7. The van der Waals surface area contributed by atoms with Gasteiger partial charge in [-0.05, 0) is 48.1 Å². The normalized spacial score (nSPS) is 10.8. The van der Waals surface area contributed by atoms with Crippen molar-refractivity contribution in [3.63, 3.8) is 0 Å². The first kappa shape index (κ1) is 13.4. The SMILES string of the molecule is CC(C)(C)CCCOc1ccc(N=[N+]=[N-])cc1. The highest BCUT2D eigenvalue weighted by Gasteiger charge is 2.09. The van der Waals surface area contributed by atoms with Crippen LogP contribution in [0.3, 0.4) is 0 Å². The van der Waals surface area contributed by atoms with Crippen LogP contribution in [0.4, 0.5) is 5.69 Å². The summed E-state index contributed by atoms with van der Waals surface area (Å²) in [5.74, 6) is 0.816. The van der Waals surface area contributed by atoms with Crippen LogP contribution in [0.5, 0.6) is 5.75 Å². The molecule has 0 saturated heterocycles. The molecule has 0 aliphatic rings. The molecule has 92 valence electrons. The minimum atomic E-state index is 0.356. The van der Waals surface area contributed by atoms with Crippen LogP contribution >= 0.6 is 0 Å². The van der Waals surface area contributed by atoms with Crippen LogP contribution < -0.4 is 4.74 Å². The molecule has 0 unspecified atom stereocenters. The number of nitrogens with zero attached hydrogens (tertiary/aromatic N) is 3. The minimum absolute atomic E-state index is 0.356. The fraction of sp³-hybridized carbons (Fsp3) is 0.538. The van der Waals surface area contributed by atoms with Crippen molar-refractivity contribution < 1.29 is 4.74 Å². The van der Waals surface area contributed by atoms with Gasteiger partial charge in [-0.15, -0.1) is 0 Å². The van der Waals surface area contributed by atoms with E-state index in [2.05, 4.69) is 30.8 Å². The summed E-state index contributed by atoms with van der Waals surface area (Å²) in [5.41, 5.74) is 9.23. The second kappa shape index (κ2) is 6.16. The fourth-order valence-corrected chi connectivity index (χ4v) is 1.45. The summed E-state index contributed by atoms with van der Waals surface area (Å²) in [6.07, 6.45) is 2.19. The molecule has 4 heteroatoms. The monoisotopic (exact) mass is 233 g/mol. The van der Waals surface area contributed by atoms with E-state index in [1.165, 1.54) is 0 Å². The van der Waals surface area contributed by atoms with Crippen molar-refractivity contribution in [1.82, 2.24) is 0 Å². The lowest BCUT2D eigenvalue weighted by Gasteiger charge is -2.17. The maximum atomic E-state index is 8.27. The lowest BCUT2D eigenvalue weighted by Crippen LogP contribution is -2.07. The average molecular weight is 233 g/mol. The Balaban J connectivity index is 2.35. The van der Waals surface area contributed by atoms with Gasteiger partial charge in [0.15, 0.2) is 0 Å². The van der Waals surface area contributed by atoms with Crippen molar-refractivity contribution >= 4 is 5.69 Å². The number of ether oxygens (including phenoxy) is 1. The van der Waals surface area contributed by atoms with Gasteiger partial charge in [-0.25, -0.2) is 0 Å². The summed E-state index contributed by atoms with van der Waals surface area (Å²) in [7, 11) is 0. The Kier molecular flexibility index (Phi) is 4.85. The second-order valence-electron chi connectivity index (χ2n) is 5.20. The third kappa shape index (κ3) is 5.83. The Morgan fingerprint density at radius 3 is 2.41 bits per heavy atom. The zero-order valence-electron chi connectivity index (χ0n) is 10.7. The van der Waals surface area contributed by atoms with Crippen LogP contribution in [0.25, 0.3) is 10.4 Å². The van der Waals surface area contributed by atoms with E-state index in [0.29, 0.717) is 11.1 Å². The average Bonchev–Trinajstić information content (AvgIpc) is 2.26. The smallest absolute Gasteiger partial charge is 0.119 e. The van der Waals surface area contributed by atoms with E-state index in [0.717, 1.165) is 25.2 Å². The van der Waals surface area contributed by atoms with E-state index in [-0.39, 0.29) is 0 Å². The highest BCUT2D eigenvalue weighted by atomic mass is 16.5. The predicted octanol–water partition coefficient (Wildman–Crippen LogP) is 4.83. The van der Waals surface area contributed by atoms with Gasteiger partial charge in [0.05, 0.1) is 6.61 Å². The molecule has 0 fully saturated rings. The van der Waals surface area contributed by atoms with Gasteiger partial charge in [0, 0.05) is 10.6 Å². The summed E-state index contributed by atoms with van der Waals surface area (Å²) < 4.78 is 5.60. The van der Waals surface area contributed by atoms with Gasteiger partial charge >= 0.3 is 0 Å². The molecule has 0 heterocycles. The molecule has 4 nitrogen and oxygen atoms in total. The van der Waals surface area contributed by atoms with Crippen molar-refractivity contribution in [2.45, 2.75) is 33.6 Å². The van der Waals surface area contributed by atoms with E-state index in [1.807, 2.05) is 12.1 Å². The summed E-state index contributed by atoms with van der Waals surface area (Å²) in [4.78, 5) is 2.72. The number of hydrogen-bond acceptors (Lipinski definition) is 2. The number of azide groups is 1. The molecule has 1 aromatic carbocycles. The molecule has 0 aliphatic carbocycles. The van der Waals surface area contributed by atoms with E-state index in [4.69, 9.17) is 10.3 Å². The Hall–Kier alpha value is -1.67. The zero-order chi connectivity index (χ0) is 12.7. The van der Waals surface area contributed by atoms with Crippen molar-refractivity contribution in [2.24, 2.45) is 10.5 Å². The molecule has 0 amide bonds. The molecule has 1 rings (SSSR count). The molecule has 0 aliphatic heterocycles. The molecule has 0 saturated carbocycles. The minimum Gasteiger partial charge on any atom is -0.494 e. The first-order chi connectivity index (χ1) is 8.01. The second-order valence-corrected chi connectivity index (χ2v) is 5.20. The fourth-order valence-electron chi connectivity index (χ4n) is 1.45. The Labute approximate surface area is 102 Å². The van der Waals surface area contributed by atoms with Crippen LogP contribution in [0, 0.1) is 5.41 Å². The molecule has 0 atom stereocenters. The Morgan fingerprint density at radius 2 is 1.88 bits per heavy atom. The third-order valence-corrected chi connectivity index (χ3v) is 2.34. The third-order valence-electron chi connectivity index (χ3n) is 2.34. The summed E-state index contributed by atoms with van der Waals surface area (Å²) >= 11 is 0. The maximum absolute atomic E-state index is 8.27. The van der Waals surface area contributed by atoms with E-state index in [1.54, 1.807) is 12.1 Å². The summed E-state index contributed by atoms with van der Waals surface area (Å²) in [5, 5.41) is 3.50. The van der Waals surface area contributed by atoms with Gasteiger partial charge < -0.3 is 4.74 Å². The lowest BCUT2D eigenvalue weighted by molar-refractivity contribution is 0.269. The molecule has 0 radical (unpaired) electrons. The Morgan fingerprint density at radius 1 is 1.24 bits per heavy atom. The molecular weight excluding hydrogens is 214 g/mol. The van der Waals surface area contributed by atoms with E-state index in [9.17, 15) is 0 Å². The van der Waals surface area contributed by atoms with Crippen molar-refractivity contribution in [3.8, 4) is 5.75 Å². The van der Waals surface area contributed by atoms with Crippen molar-refractivity contribution in [2.75, 3.05) is 6.61 Å². The van der Waals surface area contributed by atoms with E-state index < -0.39 is 0 Å². The largest absolute Gasteiger partial charge is 0.494 e. The van der Waals surface area contributed by atoms with Crippen LogP contribution in [0.1, 0.15) is 33.6 Å². The summed E-state index contributed by atoms with van der Waals surface area (Å²) in [6, 6.07) is 7.14. The maximum Gasteiger partial charge on any atom is 0.119 e. The molecule has 0 N–H and O–H groups in total. The highest BCUT2D eigenvalue weighted by Crippen LogP contribution is 2.22. The van der Waals surface area contributed by atoms with Gasteiger partial charge in [-0.3, -0.25) is 0 Å². The topological polar surface area (TPSA) is 58.0 Å². The molecule has 17 heavy (non-hydrogen) atoms. The van der Waals surface area contributed by atoms with Crippen LogP contribution in [0.2, 0.25) is 0 Å². The molecule has 0 aromatic heterocycles. The highest BCUT2D eigenvalue weighted by molar-refractivity contribution is 5.40. The molecule has 1 aromatic rings.